The number of ketones is 2. The zero-order valence-electron chi connectivity index (χ0n) is 22.7. The number of hydrogen-bond donors (Lipinski definition) is 0. The Kier molecular flexibility index (Phi) is 6.37. The van der Waals surface area contributed by atoms with Crippen molar-refractivity contribution in [3.05, 3.63) is 154 Å². The summed E-state index contributed by atoms with van der Waals surface area (Å²) in [5, 5.41) is 4.39. The van der Waals surface area contributed by atoms with E-state index in [9.17, 15) is 9.59 Å². The van der Waals surface area contributed by atoms with Crippen molar-refractivity contribution in [3.8, 4) is 20.9 Å². The Morgan fingerprint density at radius 1 is 0.419 bits per heavy atom. The van der Waals surface area contributed by atoms with Gasteiger partial charge in [-0.15, -0.1) is 34.0 Å². The number of benzene rings is 5. The van der Waals surface area contributed by atoms with Crippen molar-refractivity contribution in [3.63, 3.8) is 0 Å². The Hall–Kier alpha value is -4.68. The highest BCUT2D eigenvalue weighted by molar-refractivity contribution is 7.29. The Labute approximate surface area is 260 Å². The zero-order valence-corrected chi connectivity index (χ0v) is 25.2. The highest BCUT2D eigenvalue weighted by atomic mass is 32.1. The Balaban J connectivity index is 1.50. The molecule has 3 heterocycles. The van der Waals surface area contributed by atoms with Crippen LogP contribution < -0.4 is 0 Å². The average molecular weight is 607 g/mol. The van der Waals surface area contributed by atoms with E-state index in [1.54, 1.807) is 11.3 Å². The van der Waals surface area contributed by atoms with Gasteiger partial charge in [0.1, 0.15) is 0 Å². The summed E-state index contributed by atoms with van der Waals surface area (Å²) < 4.78 is 2.10. The maximum atomic E-state index is 13.7. The van der Waals surface area contributed by atoms with Crippen molar-refractivity contribution in [1.29, 1.82) is 0 Å². The van der Waals surface area contributed by atoms with Gasteiger partial charge >= 0.3 is 0 Å². The molecule has 0 unspecified atom stereocenters. The fourth-order valence-corrected chi connectivity index (χ4v) is 9.46. The molecule has 8 rings (SSSR count). The third-order valence-electron chi connectivity index (χ3n) is 7.71. The molecular formula is C38H22O2S3. The van der Waals surface area contributed by atoms with Gasteiger partial charge in [-0.3, -0.25) is 9.59 Å². The lowest BCUT2D eigenvalue weighted by atomic mass is 9.98. The first-order valence-corrected chi connectivity index (χ1v) is 16.4. The SMILES string of the molecule is O=C(c1ccccc1)c1cc2c(s1)c1sc(C(=O)c3ccccc3)cc1c1c(-c3ccccc3)sc(-c3ccccc3)c21. The second kappa shape index (κ2) is 10.5. The van der Waals surface area contributed by atoms with E-state index in [1.165, 1.54) is 32.4 Å². The van der Waals surface area contributed by atoms with Crippen LogP contribution in [-0.4, -0.2) is 11.6 Å². The summed E-state index contributed by atoms with van der Waals surface area (Å²) in [5.74, 6) is 0.0278. The molecule has 0 fully saturated rings. The summed E-state index contributed by atoms with van der Waals surface area (Å²) in [6.45, 7) is 0. The summed E-state index contributed by atoms with van der Waals surface area (Å²) >= 11 is 4.83. The largest absolute Gasteiger partial charge is 0.288 e. The van der Waals surface area contributed by atoms with Gasteiger partial charge in [0.05, 0.1) is 19.2 Å². The summed E-state index contributed by atoms with van der Waals surface area (Å²) in [5.41, 5.74) is 3.62. The Morgan fingerprint density at radius 2 is 0.767 bits per heavy atom. The minimum Gasteiger partial charge on any atom is -0.288 e. The van der Waals surface area contributed by atoms with Gasteiger partial charge in [-0.1, -0.05) is 121 Å². The molecule has 43 heavy (non-hydrogen) atoms. The van der Waals surface area contributed by atoms with Gasteiger partial charge in [-0.05, 0) is 23.3 Å². The molecular weight excluding hydrogens is 585 g/mol. The maximum Gasteiger partial charge on any atom is 0.202 e. The topological polar surface area (TPSA) is 34.1 Å². The molecule has 5 aromatic carbocycles. The second-order valence-corrected chi connectivity index (χ2v) is 13.5. The fourth-order valence-electron chi connectivity index (χ4n) is 5.71. The van der Waals surface area contributed by atoms with E-state index < -0.39 is 0 Å². The van der Waals surface area contributed by atoms with E-state index in [4.69, 9.17) is 0 Å². The van der Waals surface area contributed by atoms with Crippen molar-refractivity contribution in [2.45, 2.75) is 0 Å². The molecule has 0 saturated carbocycles. The zero-order chi connectivity index (χ0) is 28.9. The van der Waals surface area contributed by atoms with Crippen molar-refractivity contribution in [2.75, 3.05) is 0 Å². The number of hydrogen-bond acceptors (Lipinski definition) is 5. The number of carbonyl (C=O) groups is 2. The monoisotopic (exact) mass is 606 g/mol. The minimum atomic E-state index is 0.0139. The van der Waals surface area contributed by atoms with E-state index in [1.807, 2.05) is 72.8 Å². The van der Waals surface area contributed by atoms with E-state index in [0.29, 0.717) is 20.9 Å². The third-order valence-corrected chi connectivity index (χ3v) is 11.4. The average Bonchev–Trinajstić information content (AvgIpc) is 3.81. The fraction of sp³-hybridized carbons (Fsp3) is 0. The van der Waals surface area contributed by atoms with E-state index in [2.05, 4.69) is 60.7 Å². The normalized spacial score (nSPS) is 11.4. The molecule has 0 aliphatic carbocycles. The van der Waals surface area contributed by atoms with Gasteiger partial charge in [-0.25, -0.2) is 0 Å². The maximum absolute atomic E-state index is 13.7. The van der Waals surface area contributed by atoms with Crippen LogP contribution in [0.1, 0.15) is 30.5 Å². The Morgan fingerprint density at radius 3 is 1.14 bits per heavy atom. The van der Waals surface area contributed by atoms with Gasteiger partial charge in [-0.2, -0.15) is 0 Å². The summed E-state index contributed by atoms with van der Waals surface area (Å²) in [6, 6.07) is 44.0. The molecule has 0 amide bonds. The molecule has 8 aromatic rings. The van der Waals surface area contributed by atoms with Crippen LogP contribution in [0.4, 0.5) is 0 Å². The standard InChI is InChI=1S/C38H22O2S3/c39-33(23-13-5-1-6-14-23)29-21-27-31-32(36(26-19-11-4-12-20-26)43-35(31)25-17-9-3-10-18-25)28-22-30(42-38(28)37(27)41-29)34(40)24-15-7-2-8-16-24/h1-22H. The smallest absolute Gasteiger partial charge is 0.202 e. The predicted molar refractivity (Wildman–Crippen MR) is 183 cm³/mol. The highest BCUT2D eigenvalue weighted by Gasteiger charge is 2.26. The molecule has 0 saturated heterocycles. The van der Waals surface area contributed by atoms with Crippen LogP contribution in [0.25, 0.3) is 51.8 Å². The van der Waals surface area contributed by atoms with Gasteiger partial charge in [0, 0.05) is 42.4 Å². The van der Waals surface area contributed by atoms with E-state index in [0.717, 1.165) is 42.1 Å². The van der Waals surface area contributed by atoms with Gasteiger partial charge in [0.25, 0.3) is 0 Å². The summed E-state index contributed by atoms with van der Waals surface area (Å²) in [4.78, 5) is 31.2. The number of fused-ring (bicyclic) bond motifs is 6. The van der Waals surface area contributed by atoms with Crippen LogP contribution in [0.2, 0.25) is 0 Å². The molecule has 0 aliphatic heterocycles. The molecule has 5 heteroatoms. The number of rotatable bonds is 6. The Bertz CT molecular complexity index is 2130. The second-order valence-electron chi connectivity index (χ2n) is 10.3. The van der Waals surface area contributed by atoms with Crippen molar-refractivity contribution >= 4 is 76.5 Å². The molecule has 204 valence electrons. The minimum absolute atomic E-state index is 0.0139. The highest BCUT2D eigenvalue weighted by Crippen LogP contribution is 2.53. The first-order chi connectivity index (χ1) is 21.2. The van der Waals surface area contributed by atoms with E-state index in [-0.39, 0.29) is 11.6 Å². The van der Waals surface area contributed by atoms with E-state index >= 15 is 0 Å². The van der Waals surface area contributed by atoms with Crippen LogP contribution in [0.5, 0.6) is 0 Å². The molecule has 0 atom stereocenters. The lowest BCUT2D eigenvalue weighted by molar-refractivity contribution is 0.103. The molecule has 0 N–H and O–H groups in total. The molecule has 0 bridgehead atoms. The molecule has 3 aromatic heterocycles. The lowest BCUT2D eigenvalue weighted by Crippen LogP contribution is -1.97. The van der Waals surface area contributed by atoms with Crippen LogP contribution in [0, 0.1) is 0 Å². The summed E-state index contributed by atoms with van der Waals surface area (Å²) in [7, 11) is 0. The van der Waals surface area contributed by atoms with Crippen LogP contribution in [-0.2, 0) is 0 Å². The molecule has 0 aliphatic rings. The van der Waals surface area contributed by atoms with Crippen LogP contribution >= 0.6 is 34.0 Å². The summed E-state index contributed by atoms with van der Waals surface area (Å²) in [6.07, 6.45) is 0. The van der Waals surface area contributed by atoms with Crippen LogP contribution in [0.3, 0.4) is 0 Å². The van der Waals surface area contributed by atoms with Crippen LogP contribution in [0.15, 0.2) is 133 Å². The first-order valence-electron chi connectivity index (χ1n) is 13.9. The van der Waals surface area contributed by atoms with Crippen molar-refractivity contribution in [1.82, 2.24) is 0 Å². The van der Waals surface area contributed by atoms with Crippen molar-refractivity contribution in [2.24, 2.45) is 0 Å². The number of carbonyl (C=O) groups excluding carboxylic acids is 2. The predicted octanol–water partition coefficient (Wildman–Crippen LogP) is 11.1. The molecule has 2 nitrogen and oxygen atoms in total. The third kappa shape index (κ3) is 4.36. The molecule has 0 spiro atoms. The number of thiophene rings is 3. The first kappa shape index (κ1) is 26.0. The quantitative estimate of drug-likeness (QED) is 0.176. The molecule has 0 radical (unpaired) electrons. The van der Waals surface area contributed by atoms with Crippen molar-refractivity contribution < 1.29 is 9.59 Å². The van der Waals surface area contributed by atoms with Gasteiger partial charge < -0.3 is 0 Å². The van der Waals surface area contributed by atoms with Gasteiger partial charge in [0.2, 0.25) is 11.6 Å². The lowest BCUT2D eigenvalue weighted by Gasteiger charge is -2.04. The van der Waals surface area contributed by atoms with Gasteiger partial charge in [0.15, 0.2) is 0 Å².